The Bertz CT molecular complexity index is 208. The average Bonchev–Trinajstić information content (AvgIpc) is 2.20. The lowest BCUT2D eigenvalue weighted by Gasteiger charge is -2.17. The number of carbonyl (C=O) groups excluding carboxylic acids is 1. The molecule has 0 aromatic rings. The van der Waals surface area contributed by atoms with Crippen LogP contribution < -0.4 is 5.32 Å². The van der Waals surface area contributed by atoms with Crippen LogP contribution in [0.2, 0.25) is 0 Å². The highest BCUT2D eigenvalue weighted by molar-refractivity contribution is 5.88. The molecule has 0 aliphatic rings. The zero-order valence-electron chi connectivity index (χ0n) is 10.5. The van der Waals surface area contributed by atoms with E-state index in [1.165, 1.54) is 6.42 Å². The lowest BCUT2D eigenvalue weighted by atomic mass is 10.3. The topological polar surface area (TPSA) is 32.3 Å². The maximum Gasteiger partial charge on any atom is 0.248 e. The monoisotopic (exact) mass is 212 g/mol. The van der Waals surface area contributed by atoms with E-state index < -0.39 is 0 Å². The van der Waals surface area contributed by atoms with E-state index in [0.717, 1.165) is 31.8 Å². The molecule has 1 N–H and O–H groups in total. The minimum atomic E-state index is 0.0986. The Hall–Kier alpha value is -0.990. The largest absolute Gasteiger partial charge is 0.388 e. The van der Waals surface area contributed by atoms with Crippen LogP contribution in [-0.4, -0.2) is 30.4 Å². The molecule has 88 valence electrons. The van der Waals surface area contributed by atoms with Crippen molar-refractivity contribution in [1.29, 1.82) is 0 Å². The first kappa shape index (κ1) is 14.0. The second-order valence-electron chi connectivity index (χ2n) is 3.62. The normalized spacial score (nSPS) is 11.3. The summed E-state index contributed by atoms with van der Waals surface area (Å²) < 4.78 is 0. The molecule has 0 atom stereocenters. The molecule has 0 saturated heterocycles. The third-order valence-electron chi connectivity index (χ3n) is 2.35. The highest BCUT2D eigenvalue weighted by Crippen LogP contribution is 1.95. The lowest BCUT2D eigenvalue weighted by Crippen LogP contribution is -2.29. The summed E-state index contributed by atoms with van der Waals surface area (Å²) in [6.45, 7) is 10.6. The molecule has 0 aromatic heterocycles. The summed E-state index contributed by atoms with van der Waals surface area (Å²) >= 11 is 0. The summed E-state index contributed by atoms with van der Waals surface area (Å²) in [4.78, 5) is 13.5. The third kappa shape index (κ3) is 6.15. The van der Waals surface area contributed by atoms with Crippen molar-refractivity contribution in [1.82, 2.24) is 10.2 Å². The summed E-state index contributed by atoms with van der Waals surface area (Å²) in [6.07, 6.45) is 4.00. The Morgan fingerprint density at radius 2 is 1.87 bits per heavy atom. The van der Waals surface area contributed by atoms with Crippen molar-refractivity contribution in [3.05, 3.63) is 11.8 Å². The van der Waals surface area contributed by atoms with Crippen LogP contribution in [0.3, 0.4) is 0 Å². The summed E-state index contributed by atoms with van der Waals surface area (Å²) in [5.74, 6) is 0.0986. The molecule has 0 spiro atoms. The number of nitrogens with one attached hydrogen (secondary N) is 1. The maximum atomic E-state index is 11.7. The Balaban J connectivity index is 4.04. The van der Waals surface area contributed by atoms with Crippen molar-refractivity contribution in [3.63, 3.8) is 0 Å². The van der Waals surface area contributed by atoms with Gasteiger partial charge in [0.2, 0.25) is 5.91 Å². The molecule has 1 amide bonds. The quantitative estimate of drug-likeness (QED) is 0.518. The number of nitrogens with zero attached hydrogens (tertiary/aromatic N) is 1. The van der Waals surface area contributed by atoms with Crippen LogP contribution >= 0.6 is 0 Å². The molecular weight excluding hydrogens is 188 g/mol. The maximum absolute atomic E-state index is 11.7. The number of rotatable bonds is 7. The average molecular weight is 212 g/mol. The first-order valence-electron chi connectivity index (χ1n) is 5.86. The number of hydrogen-bond donors (Lipinski definition) is 1. The van der Waals surface area contributed by atoms with Crippen LogP contribution in [0.5, 0.6) is 0 Å². The Morgan fingerprint density at radius 3 is 2.33 bits per heavy atom. The van der Waals surface area contributed by atoms with Crippen LogP contribution in [0, 0.1) is 0 Å². The van der Waals surface area contributed by atoms with Gasteiger partial charge in [0.25, 0.3) is 0 Å². The second-order valence-corrected chi connectivity index (χ2v) is 3.62. The number of likely N-dealkylation sites (N-methyl/N-ethyl adjacent to an activating group) is 1. The Kier molecular flexibility index (Phi) is 7.78. The standard InChI is InChI=1S/C12H24N2O/c1-5-8-9-13-11(4)10-12(15)14(6-2)7-3/h10,13H,5-9H2,1-4H3/b11-10-. The fraction of sp³-hybridized carbons (Fsp3) is 0.750. The van der Waals surface area contributed by atoms with Gasteiger partial charge in [-0.2, -0.15) is 0 Å². The van der Waals surface area contributed by atoms with Crippen molar-refractivity contribution in [2.75, 3.05) is 19.6 Å². The summed E-state index contributed by atoms with van der Waals surface area (Å²) in [5.41, 5.74) is 0.959. The number of amides is 1. The SMILES string of the molecule is CCCCN/C(C)=C\C(=O)N(CC)CC. The van der Waals surface area contributed by atoms with E-state index in [9.17, 15) is 4.79 Å². The van der Waals surface area contributed by atoms with Crippen LogP contribution in [-0.2, 0) is 4.79 Å². The van der Waals surface area contributed by atoms with Gasteiger partial charge in [-0.3, -0.25) is 4.79 Å². The molecule has 0 aliphatic heterocycles. The van der Waals surface area contributed by atoms with Gasteiger partial charge in [-0.25, -0.2) is 0 Å². The first-order chi connectivity index (χ1) is 7.15. The zero-order valence-corrected chi connectivity index (χ0v) is 10.5. The van der Waals surface area contributed by atoms with Crippen molar-refractivity contribution in [3.8, 4) is 0 Å². The van der Waals surface area contributed by atoms with Gasteiger partial charge in [0.1, 0.15) is 0 Å². The van der Waals surface area contributed by atoms with Gasteiger partial charge in [-0.15, -0.1) is 0 Å². The number of carbonyl (C=O) groups is 1. The van der Waals surface area contributed by atoms with E-state index in [2.05, 4.69) is 12.2 Å². The van der Waals surface area contributed by atoms with E-state index in [1.54, 1.807) is 6.08 Å². The van der Waals surface area contributed by atoms with Gasteiger partial charge in [0.15, 0.2) is 0 Å². The lowest BCUT2D eigenvalue weighted by molar-refractivity contribution is -0.125. The molecular formula is C12H24N2O. The first-order valence-corrected chi connectivity index (χ1v) is 5.86. The summed E-state index contributed by atoms with van der Waals surface area (Å²) in [7, 11) is 0. The molecule has 0 aromatic carbocycles. The van der Waals surface area contributed by atoms with E-state index in [-0.39, 0.29) is 5.91 Å². The fourth-order valence-corrected chi connectivity index (χ4v) is 1.33. The zero-order chi connectivity index (χ0) is 11.7. The Labute approximate surface area is 93.5 Å². The van der Waals surface area contributed by atoms with E-state index in [1.807, 2.05) is 25.7 Å². The number of unbranched alkanes of at least 4 members (excludes halogenated alkanes) is 1. The van der Waals surface area contributed by atoms with Gasteiger partial charge < -0.3 is 10.2 Å². The molecule has 0 bridgehead atoms. The molecule has 0 unspecified atom stereocenters. The molecule has 0 rings (SSSR count). The smallest absolute Gasteiger partial charge is 0.248 e. The summed E-state index contributed by atoms with van der Waals surface area (Å²) in [6, 6.07) is 0. The predicted octanol–water partition coefficient (Wildman–Crippen LogP) is 2.15. The predicted molar refractivity (Wildman–Crippen MR) is 64.6 cm³/mol. The molecule has 3 nitrogen and oxygen atoms in total. The number of allylic oxidation sites excluding steroid dienone is 1. The molecule has 0 aliphatic carbocycles. The van der Waals surface area contributed by atoms with E-state index in [0.29, 0.717) is 0 Å². The fourth-order valence-electron chi connectivity index (χ4n) is 1.33. The van der Waals surface area contributed by atoms with Gasteiger partial charge in [-0.1, -0.05) is 13.3 Å². The minimum absolute atomic E-state index is 0.0986. The van der Waals surface area contributed by atoms with E-state index >= 15 is 0 Å². The highest BCUT2D eigenvalue weighted by Gasteiger charge is 2.05. The minimum Gasteiger partial charge on any atom is -0.388 e. The van der Waals surface area contributed by atoms with Crippen molar-refractivity contribution in [2.24, 2.45) is 0 Å². The molecule has 0 saturated carbocycles. The molecule has 0 heterocycles. The molecule has 0 radical (unpaired) electrons. The van der Waals surface area contributed by atoms with Gasteiger partial charge in [0.05, 0.1) is 0 Å². The van der Waals surface area contributed by atoms with Crippen LogP contribution in [0.15, 0.2) is 11.8 Å². The Morgan fingerprint density at radius 1 is 1.27 bits per heavy atom. The van der Waals surface area contributed by atoms with Gasteiger partial charge >= 0.3 is 0 Å². The van der Waals surface area contributed by atoms with Crippen LogP contribution in [0.1, 0.15) is 40.5 Å². The summed E-state index contributed by atoms with van der Waals surface area (Å²) in [5, 5.41) is 3.23. The number of hydrogen-bond acceptors (Lipinski definition) is 2. The van der Waals surface area contributed by atoms with Crippen molar-refractivity contribution < 1.29 is 4.79 Å². The van der Waals surface area contributed by atoms with Crippen molar-refractivity contribution in [2.45, 2.75) is 40.5 Å². The van der Waals surface area contributed by atoms with Crippen LogP contribution in [0.4, 0.5) is 0 Å². The molecule has 3 heteroatoms. The van der Waals surface area contributed by atoms with Gasteiger partial charge in [0, 0.05) is 31.4 Å². The van der Waals surface area contributed by atoms with E-state index in [4.69, 9.17) is 0 Å². The molecule has 15 heavy (non-hydrogen) atoms. The van der Waals surface area contributed by atoms with Crippen LogP contribution in [0.25, 0.3) is 0 Å². The van der Waals surface area contributed by atoms with Gasteiger partial charge in [-0.05, 0) is 27.2 Å². The second kappa shape index (κ2) is 8.33. The highest BCUT2D eigenvalue weighted by atomic mass is 16.2. The third-order valence-corrected chi connectivity index (χ3v) is 2.35. The van der Waals surface area contributed by atoms with Crippen molar-refractivity contribution >= 4 is 5.91 Å². The molecule has 0 fully saturated rings.